The van der Waals surface area contributed by atoms with Crippen molar-refractivity contribution in [1.29, 1.82) is 0 Å². The van der Waals surface area contributed by atoms with Crippen LogP contribution < -0.4 is 0 Å². The molecule has 0 bridgehead atoms. The van der Waals surface area contributed by atoms with Crippen molar-refractivity contribution in [3.05, 3.63) is 24.5 Å². The molecule has 0 amide bonds. The summed E-state index contributed by atoms with van der Waals surface area (Å²) in [5, 5.41) is 0. The molecule has 3 rings (SSSR count). The van der Waals surface area contributed by atoms with Crippen LogP contribution in [0.1, 0.15) is 25.7 Å². The van der Waals surface area contributed by atoms with Gasteiger partial charge in [0.15, 0.2) is 0 Å². The van der Waals surface area contributed by atoms with Gasteiger partial charge in [0, 0.05) is 50.8 Å². The first-order chi connectivity index (χ1) is 11.1. The molecule has 128 valence electrons. The summed E-state index contributed by atoms with van der Waals surface area (Å²) in [7, 11) is -1.23. The van der Waals surface area contributed by atoms with E-state index in [4.69, 9.17) is 4.74 Å². The van der Waals surface area contributed by atoms with Crippen molar-refractivity contribution >= 4 is 10.0 Å². The number of aromatic nitrogens is 1. The SMILES string of the molecule is CN(C1CCOCC1)C1CCN(S(=O)(=O)c2cccnc2)CC1. The predicted molar refractivity (Wildman–Crippen MR) is 87.6 cm³/mol. The molecule has 0 atom stereocenters. The van der Waals surface area contributed by atoms with Crippen molar-refractivity contribution in [2.45, 2.75) is 42.7 Å². The average molecular weight is 339 g/mol. The van der Waals surface area contributed by atoms with E-state index in [0.29, 0.717) is 25.2 Å². The number of rotatable bonds is 4. The summed E-state index contributed by atoms with van der Waals surface area (Å²) in [6.07, 6.45) is 6.93. The first kappa shape index (κ1) is 16.8. The summed E-state index contributed by atoms with van der Waals surface area (Å²) in [5.41, 5.74) is 0. The second kappa shape index (κ2) is 7.25. The van der Waals surface area contributed by atoms with Crippen LogP contribution in [0.2, 0.25) is 0 Å². The summed E-state index contributed by atoms with van der Waals surface area (Å²) in [4.78, 5) is 6.65. The third-order valence-electron chi connectivity index (χ3n) is 5.04. The van der Waals surface area contributed by atoms with E-state index < -0.39 is 10.0 Å². The Bertz CT molecular complexity index is 594. The molecule has 2 aliphatic rings. The van der Waals surface area contributed by atoms with Crippen LogP contribution in [0.15, 0.2) is 29.4 Å². The normalized spacial score (nSPS) is 22.5. The van der Waals surface area contributed by atoms with Crippen molar-refractivity contribution in [2.24, 2.45) is 0 Å². The maximum absolute atomic E-state index is 12.6. The van der Waals surface area contributed by atoms with Gasteiger partial charge in [0.25, 0.3) is 0 Å². The monoisotopic (exact) mass is 339 g/mol. The quantitative estimate of drug-likeness (QED) is 0.828. The van der Waals surface area contributed by atoms with Gasteiger partial charge < -0.3 is 9.64 Å². The van der Waals surface area contributed by atoms with E-state index in [1.54, 1.807) is 22.6 Å². The molecule has 3 heterocycles. The van der Waals surface area contributed by atoms with E-state index in [-0.39, 0.29) is 4.90 Å². The lowest BCUT2D eigenvalue weighted by Gasteiger charge is -2.41. The molecule has 2 aliphatic heterocycles. The van der Waals surface area contributed by atoms with Crippen LogP contribution in [0.5, 0.6) is 0 Å². The molecule has 0 aromatic carbocycles. The van der Waals surface area contributed by atoms with Gasteiger partial charge in [-0.2, -0.15) is 4.31 Å². The third kappa shape index (κ3) is 3.74. The number of ether oxygens (including phenoxy) is 1. The highest BCUT2D eigenvalue weighted by Crippen LogP contribution is 2.25. The molecule has 0 saturated carbocycles. The maximum atomic E-state index is 12.6. The Morgan fingerprint density at radius 2 is 1.83 bits per heavy atom. The highest BCUT2D eigenvalue weighted by Gasteiger charge is 2.33. The predicted octanol–water partition coefficient (Wildman–Crippen LogP) is 1.35. The maximum Gasteiger partial charge on any atom is 0.244 e. The lowest BCUT2D eigenvalue weighted by atomic mass is 10.00. The van der Waals surface area contributed by atoms with Gasteiger partial charge in [0.1, 0.15) is 4.90 Å². The van der Waals surface area contributed by atoms with E-state index in [1.807, 2.05) is 0 Å². The van der Waals surface area contributed by atoms with E-state index >= 15 is 0 Å². The van der Waals surface area contributed by atoms with Crippen LogP contribution in [-0.4, -0.2) is 68.0 Å². The number of hydrogen-bond acceptors (Lipinski definition) is 5. The van der Waals surface area contributed by atoms with Gasteiger partial charge in [-0.1, -0.05) is 0 Å². The number of nitrogens with zero attached hydrogens (tertiary/aromatic N) is 3. The molecule has 0 aliphatic carbocycles. The van der Waals surface area contributed by atoms with E-state index in [2.05, 4.69) is 16.9 Å². The molecule has 0 unspecified atom stereocenters. The van der Waals surface area contributed by atoms with Crippen LogP contribution in [0, 0.1) is 0 Å². The molecular formula is C16H25N3O3S. The Hall–Kier alpha value is -1.02. The van der Waals surface area contributed by atoms with E-state index in [1.165, 1.54) is 6.20 Å². The van der Waals surface area contributed by atoms with Crippen molar-refractivity contribution in [3.63, 3.8) is 0 Å². The van der Waals surface area contributed by atoms with Crippen LogP contribution in [0.3, 0.4) is 0 Å². The molecule has 0 radical (unpaired) electrons. The number of hydrogen-bond donors (Lipinski definition) is 0. The minimum absolute atomic E-state index is 0.288. The molecule has 2 fully saturated rings. The van der Waals surface area contributed by atoms with Gasteiger partial charge >= 0.3 is 0 Å². The zero-order valence-corrected chi connectivity index (χ0v) is 14.4. The highest BCUT2D eigenvalue weighted by atomic mass is 32.2. The van der Waals surface area contributed by atoms with Crippen molar-refractivity contribution in [3.8, 4) is 0 Å². The summed E-state index contributed by atoms with van der Waals surface area (Å²) in [6, 6.07) is 4.30. The minimum Gasteiger partial charge on any atom is -0.381 e. The number of sulfonamides is 1. The minimum atomic E-state index is -3.40. The summed E-state index contributed by atoms with van der Waals surface area (Å²) in [5.74, 6) is 0. The van der Waals surface area contributed by atoms with Gasteiger partial charge in [-0.25, -0.2) is 8.42 Å². The topological polar surface area (TPSA) is 62.7 Å². The highest BCUT2D eigenvalue weighted by molar-refractivity contribution is 7.89. The van der Waals surface area contributed by atoms with Gasteiger partial charge in [0.05, 0.1) is 0 Å². The Balaban J connectivity index is 1.60. The summed E-state index contributed by atoms with van der Waals surface area (Å²) >= 11 is 0. The van der Waals surface area contributed by atoms with Crippen molar-refractivity contribution in [1.82, 2.24) is 14.2 Å². The first-order valence-electron chi connectivity index (χ1n) is 8.29. The Kier molecular flexibility index (Phi) is 5.31. The fourth-order valence-corrected chi connectivity index (χ4v) is 4.96. The van der Waals surface area contributed by atoms with Crippen LogP contribution in [-0.2, 0) is 14.8 Å². The standard InChI is InChI=1S/C16H25N3O3S/c1-18(15-6-11-22-12-7-15)14-4-9-19(10-5-14)23(20,21)16-3-2-8-17-13-16/h2-3,8,13-15H,4-7,9-12H2,1H3. The average Bonchev–Trinajstić information content (AvgIpc) is 2.63. The lowest BCUT2D eigenvalue weighted by molar-refractivity contribution is 0.0199. The molecule has 6 nitrogen and oxygen atoms in total. The molecule has 2 saturated heterocycles. The fourth-order valence-electron chi connectivity index (χ4n) is 3.53. The Morgan fingerprint density at radius 3 is 2.43 bits per heavy atom. The Morgan fingerprint density at radius 1 is 1.17 bits per heavy atom. The summed E-state index contributed by atoms with van der Waals surface area (Å²) < 4.78 is 32.3. The third-order valence-corrected chi connectivity index (χ3v) is 6.92. The lowest BCUT2D eigenvalue weighted by Crippen LogP contribution is -2.49. The molecule has 1 aromatic rings. The Labute approximate surface area is 138 Å². The number of piperidine rings is 1. The molecule has 7 heteroatoms. The molecule has 0 spiro atoms. The van der Waals surface area contributed by atoms with Crippen molar-refractivity contribution in [2.75, 3.05) is 33.4 Å². The smallest absolute Gasteiger partial charge is 0.244 e. The number of pyridine rings is 1. The molecule has 1 aromatic heterocycles. The van der Waals surface area contributed by atoms with E-state index in [9.17, 15) is 8.42 Å². The molecular weight excluding hydrogens is 314 g/mol. The second-order valence-electron chi connectivity index (χ2n) is 6.33. The van der Waals surface area contributed by atoms with Gasteiger partial charge in [-0.05, 0) is 44.9 Å². The first-order valence-corrected chi connectivity index (χ1v) is 9.73. The van der Waals surface area contributed by atoms with Crippen LogP contribution in [0.25, 0.3) is 0 Å². The van der Waals surface area contributed by atoms with Crippen molar-refractivity contribution < 1.29 is 13.2 Å². The summed E-state index contributed by atoms with van der Waals surface area (Å²) in [6.45, 7) is 2.83. The zero-order chi connectivity index (χ0) is 16.3. The zero-order valence-electron chi connectivity index (χ0n) is 13.6. The largest absolute Gasteiger partial charge is 0.381 e. The fraction of sp³-hybridized carbons (Fsp3) is 0.688. The molecule has 0 N–H and O–H groups in total. The van der Waals surface area contributed by atoms with E-state index in [0.717, 1.165) is 38.9 Å². The molecule has 23 heavy (non-hydrogen) atoms. The second-order valence-corrected chi connectivity index (χ2v) is 8.27. The van der Waals surface area contributed by atoms with Crippen LogP contribution >= 0.6 is 0 Å². The van der Waals surface area contributed by atoms with Crippen LogP contribution in [0.4, 0.5) is 0 Å². The van der Waals surface area contributed by atoms with Gasteiger partial charge in [0.2, 0.25) is 10.0 Å². The van der Waals surface area contributed by atoms with Gasteiger partial charge in [-0.3, -0.25) is 4.98 Å². The van der Waals surface area contributed by atoms with Gasteiger partial charge in [-0.15, -0.1) is 0 Å².